The third-order valence-corrected chi connectivity index (χ3v) is 7.46. The van der Waals surface area contributed by atoms with Gasteiger partial charge in [0.1, 0.15) is 5.82 Å². The molecular weight excluding hydrogens is 388 g/mol. The minimum absolute atomic E-state index is 0.0469. The molecule has 4 aliphatic rings. The number of fused-ring (bicyclic) bond motifs is 1. The number of hydrogen-bond donors (Lipinski definition) is 2. The fraction of sp³-hybridized carbons (Fsp3) is 0.591. The van der Waals surface area contributed by atoms with Crippen LogP contribution < -0.4 is 16.2 Å². The molecule has 2 N–H and O–H groups in total. The van der Waals surface area contributed by atoms with Crippen LogP contribution in [0.5, 0.6) is 0 Å². The monoisotopic (exact) mass is 414 g/mol. The summed E-state index contributed by atoms with van der Waals surface area (Å²) < 4.78 is 1.51. The fourth-order valence-electron chi connectivity index (χ4n) is 6.45. The predicted octanol–water partition coefficient (Wildman–Crippen LogP) is 3.92. The SMILES string of the molecule is C[C@@H](NC(=O)NC12CC3CC(CC(C3)C1)C2)c1nc2cc(Cl)ccc2c(=O)n1C. The summed E-state index contributed by atoms with van der Waals surface area (Å²) in [6.45, 7) is 1.86. The topological polar surface area (TPSA) is 76.0 Å². The number of halogens is 1. The second-order valence-corrected chi connectivity index (χ2v) is 9.95. The number of amides is 2. The molecule has 29 heavy (non-hydrogen) atoms. The summed E-state index contributed by atoms with van der Waals surface area (Å²) in [5.41, 5.74) is 0.358. The molecule has 4 aliphatic carbocycles. The summed E-state index contributed by atoms with van der Waals surface area (Å²) in [4.78, 5) is 30.2. The lowest BCUT2D eigenvalue weighted by atomic mass is 9.53. The first-order valence-corrected chi connectivity index (χ1v) is 10.9. The van der Waals surface area contributed by atoms with Gasteiger partial charge in [-0.1, -0.05) is 11.6 Å². The van der Waals surface area contributed by atoms with E-state index in [9.17, 15) is 9.59 Å². The van der Waals surface area contributed by atoms with Gasteiger partial charge in [0.2, 0.25) is 0 Å². The van der Waals surface area contributed by atoms with Crippen LogP contribution >= 0.6 is 11.6 Å². The van der Waals surface area contributed by atoms with Crippen molar-refractivity contribution in [1.82, 2.24) is 20.2 Å². The zero-order valence-corrected chi connectivity index (χ0v) is 17.6. The average Bonchev–Trinajstić information content (AvgIpc) is 2.62. The Balaban J connectivity index is 1.35. The highest BCUT2D eigenvalue weighted by Gasteiger charge is 2.51. The van der Waals surface area contributed by atoms with E-state index in [1.807, 2.05) is 6.92 Å². The van der Waals surface area contributed by atoms with Crippen molar-refractivity contribution in [2.45, 2.75) is 57.0 Å². The minimum atomic E-state index is -0.398. The van der Waals surface area contributed by atoms with E-state index in [4.69, 9.17) is 11.6 Å². The molecular formula is C22H27ClN4O2. The predicted molar refractivity (Wildman–Crippen MR) is 113 cm³/mol. The molecule has 6 nitrogen and oxygen atoms in total. The highest BCUT2D eigenvalue weighted by molar-refractivity contribution is 6.31. The highest BCUT2D eigenvalue weighted by atomic mass is 35.5. The zero-order valence-electron chi connectivity index (χ0n) is 16.9. The fourth-order valence-corrected chi connectivity index (χ4v) is 6.62. The summed E-state index contributed by atoms with van der Waals surface area (Å²) >= 11 is 6.07. The van der Waals surface area contributed by atoms with Crippen LogP contribution in [0.15, 0.2) is 23.0 Å². The first-order valence-electron chi connectivity index (χ1n) is 10.6. The van der Waals surface area contributed by atoms with Crippen molar-refractivity contribution in [3.8, 4) is 0 Å². The molecule has 154 valence electrons. The quantitative estimate of drug-likeness (QED) is 0.799. The lowest BCUT2D eigenvalue weighted by molar-refractivity contribution is -0.0136. The molecule has 0 aliphatic heterocycles. The van der Waals surface area contributed by atoms with Crippen molar-refractivity contribution in [3.63, 3.8) is 0 Å². The van der Waals surface area contributed by atoms with Gasteiger partial charge < -0.3 is 10.6 Å². The average molecular weight is 415 g/mol. The van der Waals surface area contributed by atoms with Gasteiger partial charge in [-0.2, -0.15) is 0 Å². The maximum absolute atomic E-state index is 12.9. The molecule has 1 heterocycles. The van der Waals surface area contributed by atoms with Crippen LogP contribution in [0.3, 0.4) is 0 Å². The van der Waals surface area contributed by atoms with E-state index in [2.05, 4.69) is 15.6 Å². The summed E-state index contributed by atoms with van der Waals surface area (Å²) in [7, 11) is 1.69. The first-order chi connectivity index (χ1) is 13.8. The number of carbonyl (C=O) groups is 1. The molecule has 1 aromatic heterocycles. The smallest absolute Gasteiger partial charge is 0.315 e. The van der Waals surface area contributed by atoms with E-state index in [0.29, 0.717) is 21.7 Å². The molecule has 4 saturated carbocycles. The molecule has 1 aromatic carbocycles. The number of hydrogen-bond acceptors (Lipinski definition) is 3. The number of nitrogens with zero attached hydrogens (tertiary/aromatic N) is 2. The lowest BCUT2D eigenvalue weighted by Gasteiger charge is -2.56. The van der Waals surface area contributed by atoms with E-state index >= 15 is 0 Å². The minimum Gasteiger partial charge on any atom is -0.333 e. The number of rotatable bonds is 3. The zero-order chi connectivity index (χ0) is 20.3. The molecule has 2 amide bonds. The molecule has 0 saturated heterocycles. The van der Waals surface area contributed by atoms with Crippen molar-refractivity contribution < 1.29 is 4.79 Å². The number of benzene rings is 1. The Kier molecular flexibility index (Phi) is 4.39. The van der Waals surface area contributed by atoms with Gasteiger partial charge in [-0.3, -0.25) is 9.36 Å². The maximum Gasteiger partial charge on any atom is 0.315 e. The van der Waals surface area contributed by atoms with Crippen LogP contribution in [0.25, 0.3) is 10.9 Å². The van der Waals surface area contributed by atoms with Crippen LogP contribution in [-0.2, 0) is 7.05 Å². The molecule has 6 rings (SSSR count). The van der Waals surface area contributed by atoms with Crippen LogP contribution in [0.4, 0.5) is 4.79 Å². The van der Waals surface area contributed by atoms with Gasteiger partial charge in [-0.15, -0.1) is 0 Å². The van der Waals surface area contributed by atoms with Gasteiger partial charge in [-0.25, -0.2) is 9.78 Å². The van der Waals surface area contributed by atoms with Crippen LogP contribution in [0, 0.1) is 17.8 Å². The van der Waals surface area contributed by atoms with Gasteiger partial charge in [0.25, 0.3) is 5.56 Å². The van der Waals surface area contributed by atoms with E-state index in [0.717, 1.165) is 37.0 Å². The standard InChI is InChI=1S/C22H27ClN4O2/c1-12(19-25-18-8-16(23)3-4-17(18)20(28)27(19)2)24-21(29)26-22-9-13-5-14(10-22)7-15(6-13)11-22/h3-4,8,12-15H,5-7,9-11H2,1-2H3,(H2,24,26,29)/t12-,13?,14?,15?,22?/m1/s1. The Hall–Kier alpha value is -2.08. The van der Waals surface area contributed by atoms with Gasteiger partial charge >= 0.3 is 6.03 Å². The molecule has 4 fully saturated rings. The highest BCUT2D eigenvalue weighted by Crippen LogP contribution is 2.55. The number of nitrogens with one attached hydrogen (secondary N) is 2. The third-order valence-electron chi connectivity index (χ3n) is 7.23. The van der Waals surface area contributed by atoms with E-state index < -0.39 is 6.04 Å². The second-order valence-electron chi connectivity index (χ2n) is 9.51. The summed E-state index contributed by atoms with van der Waals surface area (Å²) in [6, 6.07) is 4.50. The Morgan fingerprint density at radius 1 is 1.21 bits per heavy atom. The van der Waals surface area contributed by atoms with Crippen molar-refractivity contribution in [2.24, 2.45) is 24.8 Å². The van der Waals surface area contributed by atoms with E-state index in [1.54, 1.807) is 25.2 Å². The van der Waals surface area contributed by atoms with Crippen LogP contribution in [0.2, 0.25) is 5.02 Å². The van der Waals surface area contributed by atoms with E-state index in [-0.39, 0.29) is 17.1 Å². The molecule has 7 heteroatoms. The first kappa shape index (κ1) is 18.9. The lowest BCUT2D eigenvalue weighted by Crippen LogP contribution is -2.61. The second kappa shape index (κ2) is 6.73. The number of aromatic nitrogens is 2. The maximum atomic E-state index is 12.9. The molecule has 4 bridgehead atoms. The number of urea groups is 1. The largest absolute Gasteiger partial charge is 0.333 e. The summed E-state index contributed by atoms with van der Waals surface area (Å²) in [6.07, 6.45) is 7.32. The summed E-state index contributed by atoms with van der Waals surface area (Å²) in [5.74, 6) is 2.83. The van der Waals surface area contributed by atoms with Gasteiger partial charge in [0.15, 0.2) is 0 Å². The van der Waals surface area contributed by atoms with Crippen molar-refractivity contribution >= 4 is 28.5 Å². The van der Waals surface area contributed by atoms with Gasteiger partial charge in [-0.05, 0) is 81.4 Å². The van der Waals surface area contributed by atoms with Crippen LogP contribution in [-0.4, -0.2) is 21.1 Å². The van der Waals surface area contributed by atoms with Crippen molar-refractivity contribution in [1.29, 1.82) is 0 Å². The Labute approximate surface area is 175 Å². The Morgan fingerprint density at radius 3 is 2.45 bits per heavy atom. The normalized spacial score (nSPS) is 31.1. The molecule has 0 unspecified atom stereocenters. The van der Waals surface area contributed by atoms with Gasteiger partial charge in [0.05, 0.1) is 16.9 Å². The Morgan fingerprint density at radius 2 is 1.83 bits per heavy atom. The number of carbonyl (C=O) groups excluding carboxylic acids is 1. The third kappa shape index (κ3) is 3.31. The van der Waals surface area contributed by atoms with Crippen molar-refractivity contribution in [2.75, 3.05) is 0 Å². The van der Waals surface area contributed by atoms with E-state index in [1.165, 1.54) is 23.8 Å². The van der Waals surface area contributed by atoms with Crippen LogP contribution in [0.1, 0.15) is 57.3 Å². The summed E-state index contributed by atoms with van der Waals surface area (Å²) in [5, 5.41) is 7.38. The molecule has 1 atom stereocenters. The van der Waals surface area contributed by atoms with Gasteiger partial charge in [0, 0.05) is 17.6 Å². The van der Waals surface area contributed by atoms with Crippen molar-refractivity contribution in [3.05, 3.63) is 39.4 Å². The molecule has 0 radical (unpaired) electrons. The molecule has 2 aromatic rings. The molecule has 0 spiro atoms. The Bertz CT molecular complexity index is 1010.